The molecule has 0 fully saturated rings. The van der Waals surface area contributed by atoms with Crippen molar-refractivity contribution in [3.8, 4) is 5.75 Å². The minimum absolute atomic E-state index is 0.128. The molecular formula is C24H22Cl2F3NO2S. The minimum Gasteiger partial charge on any atom is -0.507 e. The number of pyridine rings is 1. The smallest absolute Gasteiger partial charge is 0.416 e. The van der Waals surface area contributed by atoms with Crippen LogP contribution in [-0.2, 0) is 24.9 Å². The van der Waals surface area contributed by atoms with Crippen LogP contribution in [0.15, 0.2) is 59.5 Å². The van der Waals surface area contributed by atoms with Crippen molar-refractivity contribution in [1.82, 2.24) is 4.57 Å². The van der Waals surface area contributed by atoms with Crippen LogP contribution in [0.2, 0.25) is 10.0 Å². The summed E-state index contributed by atoms with van der Waals surface area (Å²) in [7, 11) is 0. The summed E-state index contributed by atoms with van der Waals surface area (Å²) >= 11 is 13.6. The zero-order valence-corrected chi connectivity index (χ0v) is 20.2. The second kappa shape index (κ2) is 10.0. The molecule has 0 aliphatic rings. The van der Waals surface area contributed by atoms with E-state index in [-0.39, 0.29) is 23.3 Å². The molecule has 0 radical (unpaired) electrons. The summed E-state index contributed by atoms with van der Waals surface area (Å²) in [5, 5.41) is 11.2. The fourth-order valence-corrected chi connectivity index (χ4v) is 4.77. The van der Waals surface area contributed by atoms with Crippen molar-refractivity contribution in [3.05, 3.63) is 97.4 Å². The summed E-state index contributed by atoms with van der Waals surface area (Å²) in [6.45, 7) is 4.14. The van der Waals surface area contributed by atoms with Crippen LogP contribution < -0.4 is 5.56 Å². The number of halogens is 5. The van der Waals surface area contributed by atoms with E-state index in [4.69, 9.17) is 23.2 Å². The third-order valence-corrected chi connectivity index (χ3v) is 7.03. The predicted molar refractivity (Wildman–Crippen MR) is 128 cm³/mol. The van der Waals surface area contributed by atoms with Crippen LogP contribution in [0.5, 0.6) is 5.75 Å². The van der Waals surface area contributed by atoms with Gasteiger partial charge in [-0.2, -0.15) is 13.2 Å². The Kier molecular flexibility index (Phi) is 7.76. The maximum absolute atomic E-state index is 13.1. The predicted octanol–water partition coefficient (Wildman–Crippen LogP) is 7.18. The maximum atomic E-state index is 13.1. The Balaban J connectivity index is 1.77. The van der Waals surface area contributed by atoms with E-state index in [1.54, 1.807) is 24.3 Å². The first-order chi connectivity index (χ1) is 15.4. The number of aromatic nitrogens is 1. The lowest BCUT2D eigenvalue weighted by Crippen LogP contribution is -2.32. The maximum Gasteiger partial charge on any atom is 0.416 e. The number of nitrogens with zero attached hydrogens (tertiary/aromatic N) is 1. The van der Waals surface area contributed by atoms with Gasteiger partial charge in [0, 0.05) is 39.7 Å². The molecule has 0 saturated carbocycles. The standard InChI is InChI=1S/C24H22Cl2F3NO2S/c1-23(2,33-13-15-4-3-5-17(10-15)24(27,28)29)14-30-9-8-21(31)19(22(30)32)11-16-6-7-18(25)12-20(16)26/h3-10,12,31H,11,13-14H2,1-2H3. The second-order valence-electron chi connectivity index (χ2n) is 8.27. The molecule has 3 aromatic rings. The molecule has 0 spiro atoms. The number of thioether (sulfide) groups is 1. The van der Waals surface area contributed by atoms with E-state index in [2.05, 4.69) is 0 Å². The van der Waals surface area contributed by atoms with Gasteiger partial charge in [-0.15, -0.1) is 11.8 Å². The number of aromatic hydroxyl groups is 1. The molecule has 1 N–H and O–H groups in total. The largest absolute Gasteiger partial charge is 0.507 e. The number of hydrogen-bond acceptors (Lipinski definition) is 3. The number of benzene rings is 2. The lowest BCUT2D eigenvalue weighted by Gasteiger charge is -2.26. The molecule has 2 aromatic carbocycles. The molecule has 0 unspecified atom stereocenters. The van der Waals surface area contributed by atoms with E-state index in [1.165, 1.54) is 34.7 Å². The Morgan fingerprint density at radius 3 is 2.45 bits per heavy atom. The third kappa shape index (κ3) is 6.71. The highest BCUT2D eigenvalue weighted by Crippen LogP contribution is 2.33. The topological polar surface area (TPSA) is 42.2 Å². The monoisotopic (exact) mass is 515 g/mol. The van der Waals surface area contributed by atoms with E-state index in [0.29, 0.717) is 33.5 Å². The van der Waals surface area contributed by atoms with Gasteiger partial charge in [-0.1, -0.05) is 47.5 Å². The quantitative estimate of drug-likeness (QED) is 0.362. The number of alkyl halides is 3. The van der Waals surface area contributed by atoms with Gasteiger partial charge in [-0.05, 0) is 49.2 Å². The van der Waals surface area contributed by atoms with Crippen LogP contribution >= 0.6 is 35.0 Å². The first kappa shape index (κ1) is 25.5. The van der Waals surface area contributed by atoms with E-state index >= 15 is 0 Å². The molecule has 0 bridgehead atoms. The first-order valence-corrected chi connectivity index (χ1v) is 11.8. The van der Waals surface area contributed by atoms with E-state index in [0.717, 1.165) is 12.1 Å². The van der Waals surface area contributed by atoms with Crippen molar-refractivity contribution in [3.63, 3.8) is 0 Å². The van der Waals surface area contributed by atoms with Crippen molar-refractivity contribution >= 4 is 35.0 Å². The first-order valence-electron chi connectivity index (χ1n) is 10.0. The molecule has 0 saturated heterocycles. The van der Waals surface area contributed by atoms with Crippen molar-refractivity contribution in [2.45, 2.75) is 43.5 Å². The average Bonchev–Trinajstić information content (AvgIpc) is 2.73. The summed E-state index contributed by atoms with van der Waals surface area (Å²) in [4.78, 5) is 13.1. The molecule has 0 atom stereocenters. The number of hydrogen-bond donors (Lipinski definition) is 1. The summed E-state index contributed by atoms with van der Waals surface area (Å²) < 4.78 is 39.9. The molecule has 33 heavy (non-hydrogen) atoms. The van der Waals surface area contributed by atoms with Crippen LogP contribution in [0.3, 0.4) is 0 Å². The van der Waals surface area contributed by atoms with Crippen LogP contribution in [0.4, 0.5) is 13.2 Å². The lowest BCUT2D eigenvalue weighted by molar-refractivity contribution is -0.137. The summed E-state index contributed by atoms with van der Waals surface area (Å²) in [5.74, 6) is 0.230. The molecule has 0 aliphatic heterocycles. The van der Waals surface area contributed by atoms with Gasteiger partial charge < -0.3 is 9.67 Å². The Morgan fingerprint density at radius 1 is 1.06 bits per heavy atom. The fraction of sp³-hybridized carbons (Fsp3) is 0.292. The minimum atomic E-state index is -4.39. The second-order valence-corrected chi connectivity index (χ2v) is 10.8. The van der Waals surface area contributed by atoms with Crippen molar-refractivity contribution in [1.29, 1.82) is 0 Å². The summed E-state index contributed by atoms with van der Waals surface area (Å²) in [6.07, 6.45) is -2.74. The van der Waals surface area contributed by atoms with Gasteiger partial charge in [-0.25, -0.2) is 0 Å². The van der Waals surface area contributed by atoms with Crippen molar-refractivity contribution in [2.24, 2.45) is 0 Å². The molecule has 0 aliphatic carbocycles. The molecule has 3 rings (SSSR count). The molecule has 1 heterocycles. The SMILES string of the molecule is CC(C)(Cn1ccc(O)c(Cc2ccc(Cl)cc2Cl)c1=O)SCc1cccc(C(F)(F)F)c1. The molecule has 3 nitrogen and oxygen atoms in total. The van der Waals surface area contributed by atoms with Gasteiger partial charge in [0.15, 0.2) is 0 Å². The van der Waals surface area contributed by atoms with E-state index in [1.807, 2.05) is 13.8 Å². The Bertz CT molecular complexity index is 1210. The lowest BCUT2D eigenvalue weighted by atomic mass is 10.1. The highest BCUT2D eigenvalue weighted by Gasteiger charge is 2.30. The average molecular weight is 516 g/mol. The highest BCUT2D eigenvalue weighted by molar-refractivity contribution is 7.99. The van der Waals surface area contributed by atoms with Crippen LogP contribution in [0, 0.1) is 0 Å². The molecule has 0 amide bonds. The normalized spacial score (nSPS) is 12.2. The number of rotatable bonds is 7. The zero-order chi connectivity index (χ0) is 24.4. The molecule has 9 heteroatoms. The van der Waals surface area contributed by atoms with Gasteiger partial charge in [0.05, 0.1) is 11.1 Å². The fourth-order valence-electron chi connectivity index (χ4n) is 3.33. The molecular weight excluding hydrogens is 494 g/mol. The van der Waals surface area contributed by atoms with Crippen LogP contribution in [-0.4, -0.2) is 14.4 Å². The van der Waals surface area contributed by atoms with Crippen molar-refractivity contribution < 1.29 is 18.3 Å². The van der Waals surface area contributed by atoms with Crippen molar-refractivity contribution in [2.75, 3.05) is 0 Å². The molecule has 1 aromatic heterocycles. The van der Waals surface area contributed by atoms with E-state index < -0.39 is 16.5 Å². The summed E-state index contributed by atoms with van der Waals surface area (Å²) in [6, 6.07) is 11.6. The van der Waals surface area contributed by atoms with Crippen LogP contribution in [0.25, 0.3) is 0 Å². The Labute approximate surface area is 204 Å². The summed E-state index contributed by atoms with van der Waals surface area (Å²) in [5.41, 5.74) is 0.385. The zero-order valence-electron chi connectivity index (χ0n) is 17.9. The van der Waals surface area contributed by atoms with E-state index in [9.17, 15) is 23.1 Å². The molecule has 176 valence electrons. The van der Waals surface area contributed by atoms with Crippen LogP contribution in [0.1, 0.15) is 36.1 Å². The Hall–Kier alpha value is -2.09. The third-order valence-electron chi connectivity index (χ3n) is 5.06. The highest BCUT2D eigenvalue weighted by atomic mass is 35.5. The van der Waals surface area contributed by atoms with Gasteiger partial charge in [0.1, 0.15) is 5.75 Å². The Morgan fingerprint density at radius 2 is 1.79 bits per heavy atom. The van der Waals surface area contributed by atoms with Gasteiger partial charge in [0.25, 0.3) is 5.56 Å². The van der Waals surface area contributed by atoms with Gasteiger partial charge in [-0.3, -0.25) is 4.79 Å². The van der Waals surface area contributed by atoms with Gasteiger partial charge in [0.2, 0.25) is 0 Å². The van der Waals surface area contributed by atoms with Gasteiger partial charge >= 0.3 is 6.18 Å².